The molecule has 0 bridgehead atoms. The highest BCUT2D eigenvalue weighted by Crippen LogP contribution is 2.23. The predicted octanol–water partition coefficient (Wildman–Crippen LogP) is 2.42. The largest absolute Gasteiger partial charge is 0.478 e. The minimum atomic E-state index is -1.05. The molecule has 0 atom stereocenters. The maximum Gasteiger partial charge on any atom is 0.335 e. The van der Waals surface area contributed by atoms with Crippen molar-refractivity contribution in [2.45, 2.75) is 0 Å². The lowest BCUT2D eigenvalue weighted by molar-refractivity contribution is 0.0696. The molecule has 2 rings (SSSR count). The van der Waals surface area contributed by atoms with Crippen LogP contribution < -0.4 is 10.5 Å². The third kappa shape index (κ3) is 2.92. The Balaban J connectivity index is 2.19. The Bertz CT molecular complexity index is 667. The fourth-order valence-electron chi connectivity index (χ4n) is 1.56. The quantitative estimate of drug-likeness (QED) is 0.896. The summed E-state index contributed by atoms with van der Waals surface area (Å²) in [7, 11) is 0. The van der Waals surface area contributed by atoms with E-state index in [9.17, 15) is 14.0 Å². The molecule has 6 heteroatoms. The van der Waals surface area contributed by atoms with Crippen LogP contribution >= 0.6 is 0 Å². The van der Waals surface area contributed by atoms with Gasteiger partial charge in [-0.05, 0) is 36.4 Å². The predicted molar refractivity (Wildman–Crippen MR) is 68.4 cm³/mol. The zero-order valence-corrected chi connectivity index (χ0v) is 10.2. The third-order valence-corrected chi connectivity index (χ3v) is 2.54. The van der Waals surface area contributed by atoms with E-state index in [1.807, 2.05) is 0 Å². The van der Waals surface area contributed by atoms with Gasteiger partial charge in [0, 0.05) is 6.07 Å². The zero-order valence-electron chi connectivity index (χ0n) is 10.2. The van der Waals surface area contributed by atoms with Crippen LogP contribution in [0.3, 0.4) is 0 Å². The highest BCUT2D eigenvalue weighted by Gasteiger charge is 2.10. The summed E-state index contributed by atoms with van der Waals surface area (Å²) in [4.78, 5) is 21.6. The summed E-state index contributed by atoms with van der Waals surface area (Å²) in [5.74, 6) is -2.16. The maximum absolute atomic E-state index is 13.5. The number of carboxylic acid groups (broad SMARTS) is 1. The van der Waals surface area contributed by atoms with Gasteiger partial charge in [0.05, 0.1) is 11.1 Å². The Morgan fingerprint density at radius 1 is 1.05 bits per heavy atom. The highest BCUT2D eigenvalue weighted by atomic mass is 19.1. The molecule has 3 N–H and O–H groups in total. The van der Waals surface area contributed by atoms with Crippen LogP contribution in [0.25, 0.3) is 0 Å². The molecule has 1 amide bonds. The van der Waals surface area contributed by atoms with Gasteiger partial charge in [-0.25, -0.2) is 9.18 Å². The smallest absolute Gasteiger partial charge is 0.335 e. The van der Waals surface area contributed by atoms with E-state index in [0.717, 1.165) is 6.07 Å². The number of benzene rings is 2. The Hall–Kier alpha value is -2.89. The topological polar surface area (TPSA) is 89.6 Å². The van der Waals surface area contributed by atoms with Crippen LogP contribution in [0.1, 0.15) is 20.7 Å². The number of ether oxygens (including phenoxy) is 1. The summed E-state index contributed by atoms with van der Waals surface area (Å²) in [5, 5.41) is 8.75. The van der Waals surface area contributed by atoms with E-state index in [0.29, 0.717) is 5.75 Å². The molecule has 0 aromatic heterocycles. The lowest BCUT2D eigenvalue weighted by atomic mass is 10.2. The third-order valence-electron chi connectivity index (χ3n) is 2.54. The van der Waals surface area contributed by atoms with Crippen LogP contribution in [0, 0.1) is 5.82 Å². The van der Waals surface area contributed by atoms with Crippen molar-refractivity contribution in [1.82, 2.24) is 0 Å². The number of hydrogen-bond donors (Lipinski definition) is 2. The molecular formula is C14H10FNO4. The number of primary amides is 1. The van der Waals surface area contributed by atoms with Gasteiger partial charge >= 0.3 is 5.97 Å². The Morgan fingerprint density at radius 3 is 2.15 bits per heavy atom. The number of amides is 1. The molecule has 2 aromatic rings. The molecule has 0 saturated heterocycles. The minimum Gasteiger partial charge on any atom is -0.478 e. The second-order valence-electron chi connectivity index (χ2n) is 3.94. The van der Waals surface area contributed by atoms with Gasteiger partial charge in [-0.1, -0.05) is 0 Å². The molecular weight excluding hydrogens is 265 g/mol. The Kier molecular flexibility index (Phi) is 3.65. The van der Waals surface area contributed by atoms with E-state index in [4.69, 9.17) is 15.6 Å². The van der Waals surface area contributed by atoms with E-state index >= 15 is 0 Å². The van der Waals surface area contributed by atoms with E-state index in [-0.39, 0.29) is 16.9 Å². The lowest BCUT2D eigenvalue weighted by Gasteiger charge is -2.07. The highest BCUT2D eigenvalue weighted by molar-refractivity contribution is 5.93. The first-order chi connectivity index (χ1) is 9.47. The molecule has 0 heterocycles. The van der Waals surface area contributed by atoms with Crippen molar-refractivity contribution >= 4 is 11.9 Å². The summed E-state index contributed by atoms with van der Waals surface area (Å²) < 4.78 is 18.9. The van der Waals surface area contributed by atoms with Gasteiger partial charge in [0.2, 0.25) is 0 Å². The van der Waals surface area contributed by atoms with Crippen molar-refractivity contribution in [3.05, 3.63) is 59.4 Å². The number of carbonyl (C=O) groups is 2. The Morgan fingerprint density at radius 2 is 1.65 bits per heavy atom. The fraction of sp³-hybridized carbons (Fsp3) is 0. The lowest BCUT2D eigenvalue weighted by Crippen LogP contribution is -2.12. The molecule has 0 aliphatic rings. The zero-order chi connectivity index (χ0) is 14.7. The second-order valence-corrected chi connectivity index (χ2v) is 3.94. The second kappa shape index (κ2) is 5.40. The molecule has 0 saturated carbocycles. The number of nitrogens with two attached hydrogens (primary N) is 1. The number of carbonyl (C=O) groups excluding carboxylic acids is 1. The summed E-state index contributed by atoms with van der Waals surface area (Å²) in [6, 6.07) is 9.28. The van der Waals surface area contributed by atoms with Crippen molar-refractivity contribution < 1.29 is 23.8 Å². The normalized spacial score (nSPS) is 10.1. The number of halogens is 1. The van der Waals surface area contributed by atoms with Crippen molar-refractivity contribution in [2.75, 3.05) is 0 Å². The van der Waals surface area contributed by atoms with Gasteiger partial charge in [-0.3, -0.25) is 4.79 Å². The molecule has 0 spiro atoms. The number of aromatic carboxylic acids is 1. The number of rotatable bonds is 4. The van der Waals surface area contributed by atoms with E-state index < -0.39 is 17.7 Å². The molecule has 5 nitrogen and oxygen atoms in total. The van der Waals surface area contributed by atoms with Gasteiger partial charge < -0.3 is 15.6 Å². The maximum atomic E-state index is 13.5. The number of carboxylic acids is 1. The van der Waals surface area contributed by atoms with Crippen LogP contribution in [0.15, 0.2) is 42.5 Å². The molecule has 0 fully saturated rings. The van der Waals surface area contributed by atoms with Gasteiger partial charge in [-0.2, -0.15) is 0 Å². The van der Waals surface area contributed by atoms with E-state index in [1.54, 1.807) is 0 Å². The van der Waals surface area contributed by atoms with Gasteiger partial charge in [0.15, 0.2) is 0 Å². The Labute approximate surface area is 113 Å². The molecule has 102 valence electrons. The van der Waals surface area contributed by atoms with E-state index in [1.165, 1.54) is 36.4 Å². The van der Waals surface area contributed by atoms with Gasteiger partial charge in [-0.15, -0.1) is 0 Å². The van der Waals surface area contributed by atoms with Gasteiger partial charge in [0.1, 0.15) is 17.3 Å². The molecule has 2 aromatic carbocycles. The van der Waals surface area contributed by atoms with E-state index in [2.05, 4.69) is 0 Å². The summed E-state index contributed by atoms with van der Waals surface area (Å²) in [6.45, 7) is 0. The summed E-state index contributed by atoms with van der Waals surface area (Å²) in [6.07, 6.45) is 0. The SMILES string of the molecule is NC(=O)c1ccc(Oc2ccc(C(=O)O)cc2)cc1F. The van der Waals surface area contributed by atoms with Crippen molar-refractivity contribution in [1.29, 1.82) is 0 Å². The van der Waals surface area contributed by atoms with Crippen molar-refractivity contribution in [3.8, 4) is 11.5 Å². The van der Waals surface area contributed by atoms with Crippen LogP contribution in [0.4, 0.5) is 4.39 Å². The van der Waals surface area contributed by atoms with Crippen LogP contribution in [-0.4, -0.2) is 17.0 Å². The standard InChI is InChI=1S/C14H10FNO4/c15-12-7-10(5-6-11(12)13(16)17)20-9-3-1-8(2-4-9)14(18)19/h1-7H,(H2,16,17)(H,18,19). The van der Waals surface area contributed by atoms with Crippen molar-refractivity contribution in [3.63, 3.8) is 0 Å². The fourth-order valence-corrected chi connectivity index (χ4v) is 1.56. The summed E-state index contributed by atoms with van der Waals surface area (Å²) >= 11 is 0. The summed E-state index contributed by atoms with van der Waals surface area (Å²) in [5.41, 5.74) is 4.88. The molecule has 0 radical (unpaired) electrons. The molecule has 0 aliphatic heterocycles. The molecule has 0 unspecified atom stereocenters. The van der Waals surface area contributed by atoms with Crippen LogP contribution in [0.2, 0.25) is 0 Å². The first kappa shape index (κ1) is 13.5. The first-order valence-electron chi connectivity index (χ1n) is 5.58. The first-order valence-corrected chi connectivity index (χ1v) is 5.58. The van der Waals surface area contributed by atoms with Crippen molar-refractivity contribution in [2.24, 2.45) is 5.73 Å². The van der Waals surface area contributed by atoms with Crippen LogP contribution in [0.5, 0.6) is 11.5 Å². The van der Waals surface area contributed by atoms with Gasteiger partial charge in [0.25, 0.3) is 5.91 Å². The molecule has 0 aliphatic carbocycles. The minimum absolute atomic E-state index is 0.118. The van der Waals surface area contributed by atoms with Crippen LogP contribution in [-0.2, 0) is 0 Å². The monoisotopic (exact) mass is 275 g/mol. The molecule has 20 heavy (non-hydrogen) atoms. The number of hydrogen-bond acceptors (Lipinski definition) is 3. The average Bonchev–Trinajstić information content (AvgIpc) is 2.39. The average molecular weight is 275 g/mol.